The van der Waals surface area contributed by atoms with Gasteiger partial charge < -0.3 is 9.47 Å². The summed E-state index contributed by atoms with van der Waals surface area (Å²) in [4.78, 5) is 13.4. The van der Waals surface area contributed by atoms with Crippen LogP contribution in [-0.4, -0.2) is 50.4 Å². The van der Waals surface area contributed by atoms with Gasteiger partial charge in [-0.2, -0.15) is 0 Å². The first-order valence-electron chi connectivity index (χ1n) is 6.53. The first-order chi connectivity index (χ1) is 9.38. The van der Waals surface area contributed by atoms with E-state index in [0.29, 0.717) is 6.61 Å². The monoisotopic (exact) mass is 263 g/mol. The van der Waals surface area contributed by atoms with Gasteiger partial charge in [-0.05, 0) is 12.1 Å². The van der Waals surface area contributed by atoms with Crippen LogP contribution in [0.3, 0.4) is 0 Å². The van der Waals surface area contributed by atoms with Crippen molar-refractivity contribution in [3.63, 3.8) is 0 Å². The zero-order valence-electron chi connectivity index (χ0n) is 10.7. The number of hydrogen-bond acceptors (Lipinski definition) is 5. The number of hydrogen-bond donors (Lipinski definition) is 0. The van der Waals surface area contributed by atoms with E-state index < -0.39 is 0 Å². The smallest absolute Gasteiger partial charge is 0.144 e. The number of nitrogens with zero attached hydrogens (tertiary/aromatic N) is 3. The van der Waals surface area contributed by atoms with Crippen molar-refractivity contribution in [1.82, 2.24) is 4.90 Å². The van der Waals surface area contributed by atoms with Crippen molar-refractivity contribution in [1.29, 1.82) is 0 Å². The van der Waals surface area contributed by atoms with Crippen molar-refractivity contribution in [2.45, 2.75) is 6.04 Å². The Bertz CT molecular complexity index is 449. The highest BCUT2D eigenvalue weighted by Crippen LogP contribution is 2.33. The Morgan fingerprint density at radius 1 is 1.26 bits per heavy atom. The normalized spacial score (nSPS) is 23.6. The first-order valence-corrected chi connectivity index (χ1v) is 6.53. The Hall–Kier alpha value is -1.66. The lowest BCUT2D eigenvalue weighted by atomic mass is 10.1. The minimum Gasteiger partial charge on any atom is -0.489 e. The third kappa shape index (κ3) is 2.54. The van der Waals surface area contributed by atoms with Crippen molar-refractivity contribution < 1.29 is 9.47 Å². The maximum atomic E-state index is 11.2. The lowest BCUT2D eigenvalue weighted by molar-refractivity contribution is 0.0318. The van der Waals surface area contributed by atoms with Gasteiger partial charge in [0, 0.05) is 19.6 Å². The quantitative estimate of drug-likeness (QED) is 0.769. The van der Waals surface area contributed by atoms with Gasteiger partial charge in [-0.25, -0.2) is 5.01 Å². The van der Waals surface area contributed by atoms with Crippen LogP contribution in [0, 0.1) is 4.91 Å². The van der Waals surface area contributed by atoms with Crippen LogP contribution in [0.4, 0.5) is 5.69 Å². The minimum absolute atomic E-state index is 0.0366. The van der Waals surface area contributed by atoms with Crippen LogP contribution in [0.25, 0.3) is 0 Å². The number of ether oxygens (including phenoxy) is 2. The third-order valence-corrected chi connectivity index (χ3v) is 3.55. The molecule has 2 heterocycles. The Balaban J connectivity index is 1.74. The van der Waals surface area contributed by atoms with E-state index in [4.69, 9.17) is 9.47 Å². The summed E-state index contributed by atoms with van der Waals surface area (Å²) in [6.07, 6.45) is 0. The average molecular weight is 263 g/mol. The van der Waals surface area contributed by atoms with Crippen LogP contribution < -0.4 is 9.75 Å². The lowest BCUT2D eigenvalue weighted by Gasteiger charge is -2.36. The number of anilines is 1. The van der Waals surface area contributed by atoms with Gasteiger partial charge in [0.2, 0.25) is 0 Å². The molecule has 1 unspecified atom stereocenters. The summed E-state index contributed by atoms with van der Waals surface area (Å²) in [5, 5.41) is 4.72. The molecule has 0 aliphatic carbocycles. The fourth-order valence-electron chi connectivity index (χ4n) is 2.54. The van der Waals surface area contributed by atoms with E-state index in [2.05, 4.69) is 10.2 Å². The van der Waals surface area contributed by atoms with Crippen LogP contribution in [-0.2, 0) is 4.74 Å². The van der Waals surface area contributed by atoms with E-state index in [1.165, 1.54) is 5.01 Å². The van der Waals surface area contributed by atoms with Crippen LogP contribution in [0.1, 0.15) is 0 Å². The molecule has 0 saturated carbocycles. The Morgan fingerprint density at radius 2 is 2.05 bits per heavy atom. The molecule has 6 heteroatoms. The zero-order chi connectivity index (χ0) is 13.1. The van der Waals surface area contributed by atoms with Crippen LogP contribution >= 0.6 is 0 Å². The largest absolute Gasteiger partial charge is 0.489 e. The van der Waals surface area contributed by atoms with Gasteiger partial charge in [-0.3, -0.25) is 4.90 Å². The summed E-state index contributed by atoms with van der Waals surface area (Å²) in [6.45, 7) is 4.54. The predicted molar refractivity (Wildman–Crippen MR) is 71.3 cm³/mol. The molecule has 1 saturated heterocycles. The molecule has 6 nitrogen and oxygen atoms in total. The number of benzene rings is 1. The van der Waals surface area contributed by atoms with Gasteiger partial charge >= 0.3 is 0 Å². The highest BCUT2D eigenvalue weighted by molar-refractivity contribution is 5.59. The summed E-state index contributed by atoms with van der Waals surface area (Å²) in [7, 11) is 0. The first kappa shape index (κ1) is 12.4. The molecule has 0 bridgehead atoms. The van der Waals surface area contributed by atoms with Gasteiger partial charge in [0.1, 0.15) is 24.1 Å². The van der Waals surface area contributed by atoms with Crippen molar-refractivity contribution in [3.05, 3.63) is 29.2 Å². The lowest BCUT2D eigenvalue weighted by Crippen LogP contribution is -2.50. The minimum atomic E-state index is -0.0366. The Labute approximate surface area is 111 Å². The molecule has 19 heavy (non-hydrogen) atoms. The molecule has 0 radical (unpaired) electrons. The fraction of sp³-hybridized carbons (Fsp3) is 0.538. The summed E-state index contributed by atoms with van der Waals surface area (Å²) in [6, 6.07) is 7.47. The van der Waals surface area contributed by atoms with E-state index in [1.807, 2.05) is 24.3 Å². The molecule has 1 atom stereocenters. The van der Waals surface area contributed by atoms with Crippen molar-refractivity contribution in [2.75, 3.05) is 44.5 Å². The van der Waals surface area contributed by atoms with E-state index in [1.54, 1.807) is 0 Å². The maximum Gasteiger partial charge on any atom is 0.144 e. The highest BCUT2D eigenvalue weighted by Gasteiger charge is 2.30. The SMILES string of the molecule is O=NN1c2ccccc2OCC1CN1CCOCC1. The second-order valence-electron chi connectivity index (χ2n) is 4.77. The van der Waals surface area contributed by atoms with Gasteiger partial charge in [-0.15, -0.1) is 4.91 Å². The number of fused-ring (bicyclic) bond motifs is 1. The molecular weight excluding hydrogens is 246 g/mol. The molecule has 1 aromatic carbocycles. The number of para-hydroxylation sites is 2. The van der Waals surface area contributed by atoms with E-state index in [9.17, 15) is 4.91 Å². The molecule has 0 spiro atoms. The molecular formula is C13H17N3O3. The Morgan fingerprint density at radius 3 is 2.84 bits per heavy atom. The molecule has 0 aromatic heterocycles. The molecule has 0 N–H and O–H groups in total. The molecule has 0 amide bonds. The van der Waals surface area contributed by atoms with E-state index in [0.717, 1.165) is 44.3 Å². The van der Waals surface area contributed by atoms with Crippen LogP contribution in [0.2, 0.25) is 0 Å². The van der Waals surface area contributed by atoms with E-state index in [-0.39, 0.29) is 6.04 Å². The average Bonchev–Trinajstić information content (AvgIpc) is 2.48. The summed E-state index contributed by atoms with van der Waals surface area (Å²) in [5.74, 6) is 0.723. The molecule has 3 rings (SSSR count). The second-order valence-corrected chi connectivity index (χ2v) is 4.77. The van der Waals surface area contributed by atoms with Crippen molar-refractivity contribution in [2.24, 2.45) is 5.29 Å². The fourth-order valence-corrected chi connectivity index (χ4v) is 2.54. The number of nitroso groups, excluding NO2 is 1. The Kier molecular flexibility index (Phi) is 3.61. The number of rotatable bonds is 3. The van der Waals surface area contributed by atoms with Gasteiger partial charge in [-0.1, -0.05) is 12.1 Å². The van der Waals surface area contributed by atoms with Crippen molar-refractivity contribution >= 4 is 5.69 Å². The van der Waals surface area contributed by atoms with Crippen molar-refractivity contribution in [3.8, 4) is 5.75 Å². The molecule has 2 aliphatic heterocycles. The molecule has 2 aliphatic rings. The third-order valence-electron chi connectivity index (χ3n) is 3.55. The summed E-state index contributed by atoms with van der Waals surface area (Å²) < 4.78 is 11.0. The molecule has 1 aromatic rings. The summed E-state index contributed by atoms with van der Waals surface area (Å²) in [5.41, 5.74) is 0.752. The van der Waals surface area contributed by atoms with Crippen LogP contribution in [0.15, 0.2) is 29.6 Å². The standard InChI is InChI=1S/C13H17N3O3/c17-14-16-11(9-15-5-7-18-8-6-15)10-19-13-4-2-1-3-12(13)16/h1-4,11H,5-10H2. The van der Waals surface area contributed by atoms with Crippen LogP contribution in [0.5, 0.6) is 5.75 Å². The van der Waals surface area contributed by atoms with Gasteiger partial charge in [0.15, 0.2) is 0 Å². The molecule has 1 fully saturated rings. The highest BCUT2D eigenvalue weighted by atomic mass is 16.5. The maximum absolute atomic E-state index is 11.2. The van der Waals surface area contributed by atoms with Gasteiger partial charge in [0.05, 0.1) is 18.5 Å². The molecule has 102 valence electrons. The second kappa shape index (κ2) is 5.54. The van der Waals surface area contributed by atoms with Gasteiger partial charge in [0.25, 0.3) is 0 Å². The topological polar surface area (TPSA) is 54.4 Å². The van der Waals surface area contributed by atoms with E-state index >= 15 is 0 Å². The predicted octanol–water partition coefficient (Wildman–Crippen LogP) is 1.27. The number of morpholine rings is 1. The zero-order valence-corrected chi connectivity index (χ0v) is 10.7. The summed E-state index contributed by atoms with van der Waals surface area (Å²) >= 11 is 0.